The summed E-state index contributed by atoms with van der Waals surface area (Å²) in [5, 5.41) is 0. The van der Waals surface area contributed by atoms with Gasteiger partial charge in [0.05, 0.1) is 6.26 Å². The molecule has 0 amide bonds. The quantitative estimate of drug-likeness (QED) is 0.304. The molecule has 1 rings (SSSR count). The Bertz CT molecular complexity index is 386. The fraction of sp³-hybridized carbons (Fsp3) is 0.909. The van der Waals surface area contributed by atoms with Gasteiger partial charge in [-0.05, 0) is 25.2 Å². The molecule has 1 atom stereocenters. The molecule has 1 aliphatic heterocycles. The minimum atomic E-state index is -3.09. The van der Waals surface area contributed by atoms with Crippen molar-refractivity contribution in [3.8, 4) is 0 Å². The van der Waals surface area contributed by atoms with Gasteiger partial charge in [-0.3, -0.25) is 4.99 Å². The van der Waals surface area contributed by atoms with E-state index in [9.17, 15) is 8.42 Å². The van der Waals surface area contributed by atoms with Crippen molar-refractivity contribution in [1.29, 1.82) is 0 Å². The summed E-state index contributed by atoms with van der Waals surface area (Å²) in [6.45, 7) is 5.12. The fourth-order valence-corrected chi connectivity index (χ4v) is 2.54. The maximum Gasteiger partial charge on any atom is 0.208 e. The molecule has 114 valence electrons. The van der Waals surface area contributed by atoms with Crippen LogP contribution in [-0.4, -0.2) is 51.7 Å². The smallest absolute Gasteiger partial charge is 0.208 e. The molecule has 1 heterocycles. The summed E-state index contributed by atoms with van der Waals surface area (Å²) in [5.74, 6) is 1.25. The van der Waals surface area contributed by atoms with Crippen LogP contribution >= 0.6 is 24.0 Å². The summed E-state index contributed by atoms with van der Waals surface area (Å²) >= 11 is 0. The standard InChI is InChI=1S/C11H24N4O2S.HI/c1-10-5-3-8-15(9-10)11(12)13-6-4-7-14-18(2,16)17;/h10,14H,3-9H2,1-2H3,(H2,12,13);1H. The summed E-state index contributed by atoms with van der Waals surface area (Å²) in [6, 6.07) is 0. The number of nitrogens with zero attached hydrogens (tertiary/aromatic N) is 2. The van der Waals surface area contributed by atoms with Gasteiger partial charge in [0.15, 0.2) is 5.96 Å². The molecule has 0 spiro atoms. The topological polar surface area (TPSA) is 87.8 Å². The van der Waals surface area contributed by atoms with Crippen LogP contribution in [0.4, 0.5) is 0 Å². The van der Waals surface area contributed by atoms with Crippen molar-refractivity contribution in [2.75, 3.05) is 32.4 Å². The van der Waals surface area contributed by atoms with Crippen molar-refractivity contribution in [3.05, 3.63) is 0 Å². The zero-order valence-electron chi connectivity index (χ0n) is 11.6. The molecule has 19 heavy (non-hydrogen) atoms. The molecule has 0 aromatic heterocycles. The molecular weight excluding hydrogens is 379 g/mol. The van der Waals surface area contributed by atoms with E-state index in [-0.39, 0.29) is 24.0 Å². The van der Waals surface area contributed by atoms with E-state index in [1.165, 1.54) is 6.42 Å². The van der Waals surface area contributed by atoms with Crippen molar-refractivity contribution in [2.45, 2.75) is 26.2 Å². The van der Waals surface area contributed by atoms with Crippen LogP contribution in [0, 0.1) is 5.92 Å². The van der Waals surface area contributed by atoms with Gasteiger partial charge in [0.2, 0.25) is 10.0 Å². The number of nitrogens with one attached hydrogen (secondary N) is 1. The monoisotopic (exact) mass is 404 g/mol. The van der Waals surface area contributed by atoms with E-state index in [0.717, 1.165) is 25.8 Å². The Labute approximate surface area is 133 Å². The maximum absolute atomic E-state index is 10.8. The third-order valence-electron chi connectivity index (χ3n) is 2.95. The molecule has 0 saturated carbocycles. The number of piperidine rings is 1. The molecule has 8 heteroatoms. The Balaban J connectivity index is 0.00000324. The average Bonchev–Trinajstić information content (AvgIpc) is 2.26. The fourth-order valence-electron chi connectivity index (χ4n) is 2.03. The van der Waals surface area contributed by atoms with Gasteiger partial charge in [0, 0.05) is 26.2 Å². The molecule has 6 nitrogen and oxygen atoms in total. The summed E-state index contributed by atoms with van der Waals surface area (Å²) < 4.78 is 24.1. The average molecular weight is 404 g/mol. The van der Waals surface area contributed by atoms with E-state index >= 15 is 0 Å². The number of halogens is 1. The van der Waals surface area contributed by atoms with Crippen LogP contribution in [0.5, 0.6) is 0 Å². The second-order valence-electron chi connectivity index (χ2n) is 4.95. The normalized spacial score (nSPS) is 21.1. The molecule has 0 aliphatic carbocycles. The van der Waals surface area contributed by atoms with E-state index in [1.54, 1.807) is 0 Å². The third kappa shape index (κ3) is 8.64. The van der Waals surface area contributed by atoms with Gasteiger partial charge < -0.3 is 10.6 Å². The van der Waals surface area contributed by atoms with Crippen molar-refractivity contribution in [3.63, 3.8) is 0 Å². The zero-order chi connectivity index (χ0) is 13.6. The lowest BCUT2D eigenvalue weighted by Gasteiger charge is -2.31. The second kappa shape index (κ2) is 8.96. The first-order valence-electron chi connectivity index (χ1n) is 6.38. The van der Waals surface area contributed by atoms with E-state index in [2.05, 4.69) is 21.5 Å². The van der Waals surface area contributed by atoms with Crippen LogP contribution < -0.4 is 10.5 Å². The predicted octanol–water partition coefficient (Wildman–Crippen LogP) is 0.590. The van der Waals surface area contributed by atoms with Gasteiger partial charge in [-0.2, -0.15) is 0 Å². The van der Waals surface area contributed by atoms with Crippen molar-refractivity contribution >= 4 is 40.0 Å². The number of aliphatic imine (C=N–C) groups is 1. The van der Waals surface area contributed by atoms with Crippen molar-refractivity contribution in [2.24, 2.45) is 16.6 Å². The highest BCUT2D eigenvalue weighted by Crippen LogP contribution is 2.14. The molecule has 0 aromatic carbocycles. The summed E-state index contributed by atoms with van der Waals surface area (Å²) in [6.07, 6.45) is 4.23. The Hall–Kier alpha value is -0.0900. The van der Waals surface area contributed by atoms with Crippen LogP contribution in [-0.2, 0) is 10.0 Å². The number of hydrogen-bond donors (Lipinski definition) is 2. The molecule has 0 aromatic rings. The first kappa shape index (κ1) is 18.9. The highest BCUT2D eigenvalue weighted by molar-refractivity contribution is 14.0. The summed E-state index contributed by atoms with van der Waals surface area (Å²) in [4.78, 5) is 6.40. The number of nitrogens with two attached hydrogens (primary N) is 1. The van der Waals surface area contributed by atoms with Gasteiger partial charge >= 0.3 is 0 Å². The molecule has 1 unspecified atom stereocenters. The molecule has 1 aliphatic rings. The number of sulfonamides is 1. The molecule has 0 radical (unpaired) electrons. The third-order valence-corrected chi connectivity index (χ3v) is 3.68. The lowest BCUT2D eigenvalue weighted by molar-refractivity contribution is 0.270. The minimum Gasteiger partial charge on any atom is -0.370 e. The molecule has 1 saturated heterocycles. The van der Waals surface area contributed by atoms with Crippen LogP contribution in [0.2, 0.25) is 0 Å². The predicted molar refractivity (Wildman–Crippen MR) is 89.3 cm³/mol. The largest absolute Gasteiger partial charge is 0.370 e. The highest BCUT2D eigenvalue weighted by atomic mass is 127. The Morgan fingerprint density at radius 3 is 2.79 bits per heavy atom. The Morgan fingerprint density at radius 2 is 2.21 bits per heavy atom. The van der Waals surface area contributed by atoms with Gasteiger partial charge in [-0.25, -0.2) is 13.1 Å². The van der Waals surface area contributed by atoms with E-state index in [1.807, 2.05) is 0 Å². The molecule has 1 fully saturated rings. The van der Waals surface area contributed by atoms with Gasteiger partial charge in [-0.1, -0.05) is 6.92 Å². The minimum absolute atomic E-state index is 0. The van der Waals surface area contributed by atoms with Crippen LogP contribution in [0.1, 0.15) is 26.2 Å². The zero-order valence-corrected chi connectivity index (χ0v) is 14.8. The molecule has 3 N–H and O–H groups in total. The van der Waals surface area contributed by atoms with Crippen LogP contribution in [0.15, 0.2) is 4.99 Å². The van der Waals surface area contributed by atoms with Crippen LogP contribution in [0.25, 0.3) is 0 Å². The van der Waals surface area contributed by atoms with Gasteiger partial charge in [0.1, 0.15) is 0 Å². The van der Waals surface area contributed by atoms with E-state index < -0.39 is 10.0 Å². The maximum atomic E-state index is 10.8. The van der Waals surface area contributed by atoms with E-state index in [0.29, 0.717) is 31.4 Å². The van der Waals surface area contributed by atoms with Crippen molar-refractivity contribution in [1.82, 2.24) is 9.62 Å². The lowest BCUT2D eigenvalue weighted by atomic mass is 10.0. The number of hydrogen-bond acceptors (Lipinski definition) is 3. The lowest BCUT2D eigenvalue weighted by Crippen LogP contribution is -2.43. The number of likely N-dealkylation sites (tertiary alicyclic amines) is 1. The first-order valence-corrected chi connectivity index (χ1v) is 8.27. The van der Waals surface area contributed by atoms with E-state index in [4.69, 9.17) is 5.73 Å². The Morgan fingerprint density at radius 1 is 1.53 bits per heavy atom. The Kier molecular flexibility index (Phi) is 8.92. The van der Waals surface area contributed by atoms with Gasteiger partial charge in [0.25, 0.3) is 0 Å². The molecule has 0 bridgehead atoms. The van der Waals surface area contributed by atoms with Crippen molar-refractivity contribution < 1.29 is 8.42 Å². The summed E-state index contributed by atoms with van der Waals surface area (Å²) in [5.41, 5.74) is 5.92. The SMILES string of the molecule is CC1CCCN(C(N)=NCCCNS(C)(=O)=O)C1.I. The molecular formula is C11H25IN4O2S. The van der Waals surface area contributed by atoms with Gasteiger partial charge in [-0.15, -0.1) is 24.0 Å². The number of guanidine groups is 1. The number of rotatable bonds is 5. The first-order chi connectivity index (χ1) is 8.38. The van der Waals surface area contributed by atoms with Crippen LogP contribution in [0.3, 0.4) is 0 Å². The second-order valence-corrected chi connectivity index (χ2v) is 6.79. The summed E-state index contributed by atoms with van der Waals surface area (Å²) in [7, 11) is -3.09. The highest BCUT2D eigenvalue weighted by Gasteiger charge is 2.17.